The van der Waals surface area contributed by atoms with E-state index >= 15 is 0 Å². The number of aliphatic imine (C=N–C) groups is 1. The van der Waals surface area contributed by atoms with Crippen LogP contribution in [0.1, 0.15) is 6.92 Å². The molecule has 0 atom stereocenters. The van der Waals surface area contributed by atoms with Gasteiger partial charge in [-0.1, -0.05) is 11.8 Å². The molecule has 0 fully saturated rings. The van der Waals surface area contributed by atoms with Crippen LogP contribution in [0.5, 0.6) is 0 Å². The van der Waals surface area contributed by atoms with Gasteiger partial charge in [-0.2, -0.15) is 4.99 Å². The summed E-state index contributed by atoms with van der Waals surface area (Å²) in [6, 6.07) is 0. The standard InChI is InChI=1S/C6H6N2OS/c1-4-2-8-3-5(9)7-6(8)10-4/h2H,3H2,1H3. The smallest absolute Gasteiger partial charge is 0.268 e. The van der Waals surface area contributed by atoms with Crippen LogP contribution in [0.2, 0.25) is 0 Å². The maximum Gasteiger partial charge on any atom is 0.268 e. The lowest BCUT2D eigenvalue weighted by atomic mass is 10.6. The van der Waals surface area contributed by atoms with Gasteiger partial charge in [-0.25, -0.2) is 0 Å². The Bertz CT molecular complexity index is 256. The fourth-order valence-corrected chi connectivity index (χ4v) is 1.84. The van der Waals surface area contributed by atoms with Crippen LogP contribution in [0.25, 0.3) is 0 Å². The minimum atomic E-state index is -0.0359. The third kappa shape index (κ3) is 0.759. The second kappa shape index (κ2) is 1.85. The molecule has 0 aliphatic carbocycles. The van der Waals surface area contributed by atoms with Gasteiger partial charge in [0.05, 0.1) is 0 Å². The van der Waals surface area contributed by atoms with Crippen LogP contribution in [0, 0.1) is 0 Å². The number of amides is 1. The lowest BCUT2D eigenvalue weighted by Crippen LogP contribution is -2.16. The molecule has 0 N–H and O–H groups in total. The van der Waals surface area contributed by atoms with E-state index in [1.807, 2.05) is 18.0 Å². The predicted octanol–water partition coefficient (Wildman–Crippen LogP) is 0.793. The molecule has 0 aromatic carbocycles. The van der Waals surface area contributed by atoms with E-state index in [2.05, 4.69) is 4.99 Å². The van der Waals surface area contributed by atoms with E-state index in [1.54, 1.807) is 11.8 Å². The van der Waals surface area contributed by atoms with E-state index in [9.17, 15) is 4.79 Å². The highest BCUT2D eigenvalue weighted by Crippen LogP contribution is 2.29. The normalized spacial score (nSPS) is 22.9. The lowest BCUT2D eigenvalue weighted by molar-refractivity contribution is -0.116. The van der Waals surface area contributed by atoms with Crippen molar-refractivity contribution in [2.45, 2.75) is 6.92 Å². The maximum absolute atomic E-state index is 10.7. The van der Waals surface area contributed by atoms with Crippen molar-refractivity contribution in [3.05, 3.63) is 11.1 Å². The first-order chi connectivity index (χ1) is 4.75. The number of fused-ring (bicyclic) bond motifs is 1. The van der Waals surface area contributed by atoms with Gasteiger partial charge in [0, 0.05) is 11.1 Å². The van der Waals surface area contributed by atoms with E-state index in [1.165, 1.54) is 4.91 Å². The van der Waals surface area contributed by atoms with Crippen LogP contribution >= 0.6 is 11.8 Å². The van der Waals surface area contributed by atoms with E-state index in [0.29, 0.717) is 6.54 Å². The summed E-state index contributed by atoms with van der Waals surface area (Å²) >= 11 is 1.56. The minimum absolute atomic E-state index is 0.0359. The molecule has 52 valence electrons. The molecule has 0 aromatic heterocycles. The largest absolute Gasteiger partial charge is 0.317 e. The van der Waals surface area contributed by atoms with Gasteiger partial charge < -0.3 is 4.90 Å². The molecule has 2 rings (SSSR count). The number of carbonyl (C=O) groups is 1. The molecule has 0 bridgehead atoms. The first-order valence-electron chi connectivity index (χ1n) is 3.00. The highest BCUT2D eigenvalue weighted by Gasteiger charge is 2.26. The molecule has 10 heavy (non-hydrogen) atoms. The minimum Gasteiger partial charge on any atom is -0.317 e. The van der Waals surface area contributed by atoms with Crippen molar-refractivity contribution in [2.24, 2.45) is 4.99 Å². The number of allylic oxidation sites excluding steroid dienone is 1. The van der Waals surface area contributed by atoms with Crippen LogP contribution in [-0.4, -0.2) is 22.5 Å². The topological polar surface area (TPSA) is 32.7 Å². The van der Waals surface area contributed by atoms with Gasteiger partial charge in [-0.05, 0) is 6.92 Å². The second-order valence-corrected chi connectivity index (χ2v) is 3.47. The Hall–Kier alpha value is -0.770. The van der Waals surface area contributed by atoms with E-state index in [4.69, 9.17) is 0 Å². The molecule has 3 nitrogen and oxygen atoms in total. The summed E-state index contributed by atoms with van der Waals surface area (Å²) in [6.07, 6.45) is 1.95. The van der Waals surface area contributed by atoms with Crippen molar-refractivity contribution in [1.29, 1.82) is 0 Å². The molecule has 0 unspecified atom stereocenters. The number of amidine groups is 1. The Labute approximate surface area is 62.8 Å². The van der Waals surface area contributed by atoms with Gasteiger partial charge in [0.15, 0.2) is 5.17 Å². The fourth-order valence-electron chi connectivity index (χ4n) is 0.992. The molecule has 2 aliphatic heterocycles. The van der Waals surface area contributed by atoms with Gasteiger partial charge in [0.25, 0.3) is 5.91 Å². The fraction of sp³-hybridized carbons (Fsp3) is 0.333. The van der Waals surface area contributed by atoms with Gasteiger partial charge in [0.2, 0.25) is 0 Å². The first-order valence-corrected chi connectivity index (χ1v) is 3.82. The van der Waals surface area contributed by atoms with Gasteiger partial charge in [0.1, 0.15) is 6.54 Å². The number of nitrogens with zero attached hydrogens (tertiary/aromatic N) is 2. The summed E-state index contributed by atoms with van der Waals surface area (Å²) in [7, 11) is 0. The summed E-state index contributed by atoms with van der Waals surface area (Å²) in [5.74, 6) is -0.0359. The molecule has 0 aromatic rings. The SMILES string of the molecule is CC1=CN2CC(=O)N=C2S1. The Morgan fingerprint density at radius 3 is 3.30 bits per heavy atom. The summed E-state index contributed by atoms with van der Waals surface area (Å²) in [5, 5.41) is 0.836. The zero-order valence-corrected chi connectivity index (χ0v) is 6.31. The molecule has 1 amide bonds. The van der Waals surface area contributed by atoms with Crippen molar-refractivity contribution in [3.63, 3.8) is 0 Å². The molecular weight excluding hydrogens is 148 g/mol. The molecule has 0 radical (unpaired) electrons. The molecule has 4 heteroatoms. The Morgan fingerprint density at radius 1 is 1.80 bits per heavy atom. The molecule has 2 aliphatic rings. The second-order valence-electron chi connectivity index (χ2n) is 2.26. The number of hydrogen-bond acceptors (Lipinski definition) is 3. The number of thioether (sulfide) groups is 1. The Morgan fingerprint density at radius 2 is 2.60 bits per heavy atom. The molecule has 0 spiro atoms. The van der Waals surface area contributed by atoms with Crippen molar-refractivity contribution in [2.75, 3.05) is 6.54 Å². The van der Waals surface area contributed by atoms with Crippen LogP contribution < -0.4 is 0 Å². The summed E-state index contributed by atoms with van der Waals surface area (Å²) < 4.78 is 0. The molecule has 2 heterocycles. The molecule has 0 saturated carbocycles. The first kappa shape index (κ1) is 5.97. The summed E-state index contributed by atoms with van der Waals surface area (Å²) in [4.78, 5) is 17.6. The van der Waals surface area contributed by atoms with Crippen LogP contribution in [0.4, 0.5) is 0 Å². The van der Waals surface area contributed by atoms with Gasteiger partial charge >= 0.3 is 0 Å². The van der Waals surface area contributed by atoms with E-state index in [-0.39, 0.29) is 5.91 Å². The van der Waals surface area contributed by atoms with Crippen LogP contribution in [0.15, 0.2) is 16.1 Å². The summed E-state index contributed by atoms with van der Waals surface area (Å²) in [5.41, 5.74) is 0. The lowest BCUT2D eigenvalue weighted by Gasteiger charge is -2.02. The van der Waals surface area contributed by atoms with Crippen LogP contribution in [-0.2, 0) is 4.79 Å². The van der Waals surface area contributed by atoms with Gasteiger partial charge in [-0.15, -0.1) is 0 Å². The molecule has 0 saturated heterocycles. The van der Waals surface area contributed by atoms with Crippen molar-refractivity contribution < 1.29 is 4.79 Å². The van der Waals surface area contributed by atoms with Crippen molar-refractivity contribution in [3.8, 4) is 0 Å². The Kier molecular flexibility index (Phi) is 1.11. The van der Waals surface area contributed by atoms with Crippen LogP contribution in [0.3, 0.4) is 0 Å². The average molecular weight is 154 g/mol. The van der Waals surface area contributed by atoms with E-state index in [0.717, 1.165) is 5.17 Å². The third-order valence-electron chi connectivity index (χ3n) is 1.36. The monoisotopic (exact) mass is 154 g/mol. The van der Waals surface area contributed by atoms with E-state index < -0.39 is 0 Å². The number of rotatable bonds is 0. The number of carbonyl (C=O) groups excluding carboxylic acids is 1. The molecular formula is C6H6N2OS. The average Bonchev–Trinajstić information content (AvgIpc) is 2.21. The van der Waals surface area contributed by atoms with Gasteiger partial charge in [-0.3, -0.25) is 4.79 Å². The zero-order valence-electron chi connectivity index (χ0n) is 5.50. The zero-order chi connectivity index (χ0) is 7.14. The predicted molar refractivity (Wildman–Crippen MR) is 40.5 cm³/mol. The quantitative estimate of drug-likeness (QED) is 0.517. The summed E-state index contributed by atoms with van der Waals surface area (Å²) in [6.45, 7) is 2.44. The third-order valence-corrected chi connectivity index (χ3v) is 2.30. The Balaban J connectivity index is 2.29. The highest BCUT2D eigenvalue weighted by molar-refractivity contribution is 8.17. The number of hydrogen-bond donors (Lipinski definition) is 0. The maximum atomic E-state index is 10.7. The highest BCUT2D eigenvalue weighted by atomic mass is 32.2. The van der Waals surface area contributed by atoms with Crippen molar-refractivity contribution in [1.82, 2.24) is 4.90 Å². The van der Waals surface area contributed by atoms with Crippen molar-refractivity contribution >= 4 is 22.8 Å².